The average molecular weight is 407 g/mol. The standard InChI is InChI=1S/C18H20BrN2O2P/c1-23-17-6-2-3-7-18(17)24(22)20-12-4-5-16(20)13-21(24)15-10-8-14(19)9-11-15/h2-3,6-11,16H,4-5,12-13H2,1H3. The van der Waals surface area contributed by atoms with Crippen LogP contribution in [0.25, 0.3) is 0 Å². The monoisotopic (exact) mass is 406 g/mol. The Morgan fingerprint density at radius 1 is 1.17 bits per heavy atom. The number of anilines is 1. The fourth-order valence-corrected chi connectivity index (χ4v) is 7.54. The summed E-state index contributed by atoms with van der Waals surface area (Å²) in [6.07, 6.45) is 2.21. The van der Waals surface area contributed by atoms with E-state index < -0.39 is 7.44 Å². The molecule has 24 heavy (non-hydrogen) atoms. The van der Waals surface area contributed by atoms with Crippen molar-refractivity contribution in [1.29, 1.82) is 0 Å². The van der Waals surface area contributed by atoms with Crippen molar-refractivity contribution in [3.05, 3.63) is 53.0 Å². The summed E-state index contributed by atoms with van der Waals surface area (Å²) in [6.45, 7) is 1.68. The van der Waals surface area contributed by atoms with E-state index in [2.05, 4.69) is 25.3 Å². The molecular weight excluding hydrogens is 387 g/mol. The summed E-state index contributed by atoms with van der Waals surface area (Å²) in [6, 6.07) is 16.2. The summed E-state index contributed by atoms with van der Waals surface area (Å²) in [5, 5.41) is 0.805. The van der Waals surface area contributed by atoms with Crippen molar-refractivity contribution in [1.82, 2.24) is 4.67 Å². The van der Waals surface area contributed by atoms with Gasteiger partial charge in [-0.25, -0.2) is 4.67 Å². The van der Waals surface area contributed by atoms with Crippen LogP contribution >= 0.6 is 23.4 Å². The first kappa shape index (κ1) is 16.2. The molecule has 4 nitrogen and oxygen atoms in total. The van der Waals surface area contributed by atoms with Gasteiger partial charge in [-0.05, 0) is 49.2 Å². The molecule has 6 heteroatoms. The zero-order valence-electron chi connectivity index (χ0n) is 13.6. The van der Waals surface area contributed by atoms with Crippen LogP contribution in [-0.2, 0) is 4.57 Å². The summed E-state index contributed by atoms with van der Waals surface area (Å²) in [5.41, 5.74) is 1.00. The van der Waals surface area contributed by atoms with Gasteiger partial charge in [-0.2, -0.15) is 0 Å². The van der Waals surface area contributed by atoms with Crippen molar-refractivity contribution in [2.24, 2.45) is 0 Å². The molecular formula is C18H20BrN2O2P. The van der Waals surface area contributed by atoms with Crippen molar-refractivity contribution in [2.45, 2.75) is 18.9 Å². The lowest BCUT2D eigenvalue weighted by atomic mass is 10.2. The summed E-state index contributed by atoms with van der Waals surface area (Å²) in [7, 11) is -1.26. The van der Waals surface area contributed by atoms with E-state index in [-0.39, 0.29) is 0 Å². The van der Waals surface area contributed by atoms with Gasteiger partial charge in [0.25, 0.3) is 7.44 Å². The van der Waals surface area contributed by atoms with E-state index >= 15 is 0 Å². The number of methoxy groups -OCH3 is 1. The lowest BCUT2D eigenvalue weighted by Gasteiger charge is -2.32. The molecule has 0 amide bonds. The first-order valence-corrected chi connectivity index (χ1v) is 10.6. The van der Waals surface area contributed by atoms with E-state index in [1.807, 2.05) is 48.5 Å². The normalized spacial score (nSPS) is 26.6. The van der Waals surface area contributed by atoms with Crippen LogP contribution in [0.15, 0.2) is 53.0 Å². The van der Waals surface area contributed by atoms with Gasteiger partial charge in [0.2, 0.25) is 0 Å². The number of hydrogen-bond acceptors (Lipinski definition) is 2. The zero-order chi connectivity index (χ0) is 16.7. The molecule has 2 unspecified atom stereocenters. The third kappa shape index (κ3) is 2.42. The molecule has 0 spiro atoms. The zero-order valence-corrected chi connectivity index (χ0v) is 16.0. The molecule has 0 aliphatic carbocycles. The van der Waals surface area contributed by atoms with Crippen LogP contribution in [0.3, 0.4) is 0 Å². The number of benzene rings is 2. The van der Waals surface area contributed by atoms with E-state index in [0.717, 1.165) is 41.4 Å². The maximum absolute atomic E-state index is 14.4. The Hall–Kier alpha value is -1.29. The second kappa shape index (κ2) is 6.21. The largest absolute Gasteiger partial charge is 0.496 e. The molecule has 0 aromatic heterocycles. The van der Waals surface area contributed by atoms with E-state index in [4.69, 9.17) is 4.74 Å². The molecule has 126 valence electrons. The van der Waals surface area contributed by atoms with Crippen molar-refractivity contribution >= 4 is 34.4 Å². The fourth-order valence-electron chi connectivity index (χ4n) is 3.83. The lowest BCUT2D eigenvalue weighted by Crippen LogP contribution is -2.28. The third-order valence-corrected chi connectivity index (χ3v) is 8.73. The van der Waals surface area contributed by atoms with Gasteiger partial charge >= 0.3 is 0 Å². The predicted octanol–water partition coefficient (Wildman–Crippen LogP) is 4.26. The van der Waals surface area contributed by atoms with Gasteiger partial charge < -0.3 is 9.41 Å². The molecule has 2 aromatic carbocycles. The highest BCUT2D eigenvalue weighted by molar-refractivity contribution is 9.10. The first-order valence-electron chi connectivity index (χ1n) is 8.19. The van der Waals surface area contributed by atoms with Crippen molar-refractivity contribution in [3.8, 4) is 5.75 Å². The Morgan fingerprint density at radius 2 is 1.92 bits per heavy atom. The Kier molecular flexibility index (Phi) is 4.19. The number of halogens is 1. The number of rotatable bonds is 3. The maximum Gasteiger partial charge on any atom is 0.273 e. The van der Waals surface area contributed by atoms with Gasteiger partial charge in [-0.15, -0.1) is 0 Å². The van der Waals surface area contributed by atoms with Crippen LogP contribution < -0.4 is 14.7 Å². The second-order valence-electron chi connectivity index (χ2n) is 6.23. The molecule has 0 saturated carbocycles. The van der Waals surface area contributed by atoms with E-state index in [1.54, 1.807) is 7.11 Å². The molecule has 0 N–H and O–H groups in total. The molecule has 2 aliphatic rings. The van der Waals surface area contributed by atoms with Crippen LogP contribution in [0.4, 0.5) is 5.69 Å². The SMILES string of the molecule is COc1ccccc1P1(=O)N(c2ccc(Br)cc2)CC2CCCN21. The summed E-state index contributed by atoms with van der Waals surface area (Å²) >= 11 is 3.48. The highest BCUT2D eigenvalue weighted by Crippen LogP contribution is 2.62. The van der Waals surface area contributed by atoms with Crippen molar-refractivity contribution < 1.29 is 9.30 Å². The van der Waals surface area contributed by atoms with Crippen LogP contribution in [0.1, 0.15) is 12.8 Å². The van der Waals surface area contributed by atoms with Crippen molar-refractivity contribution in [3.63, 3.8) is 0 Å². The smallest absolute Gasteiger partial charge is 0.273 e. The van der Waals surface area contributed by atoms with Gasteiger partial charge in [-0.1, -0.05) is 28.1 Å². The van der Waals surface area contributed by atoms with E-state index in [0.29, 0.717) is 11.8 Å². The van der Waals surface area contributed by atoms with Crippen LogP contribution in [0, 0.1) is 0 Å². The molecule has 0 radical (unpaired) electrons. The number of fused-ring (bicyclic) bond motifs is 1. The number of para-hydroxylation sites is 1. The molecule has 2 atom stereocenters. The first-order chi connectivity index (χ1) is 11.6. The molecule has 2 heterocycles. The molecule has 4 rings (SSSR count). The summed E-state index contributed by atoms with van der Waals surface area (Å²) < 4.78 is 25.3. The third-order valence-electron chi connectivity index (χ3n) is 4.93. The predicted molar refractivity (Wildman–Crippen MR) is 101 cm³/mol. The Morgan fingerprint density at radius 3 is 2.67 bits per heavy atom. The van der Waals surface area contributed by atoms with Crippen LogP contribution in [0.2, 0.25) is 0 Å². The molecule has 2 fully saturated rings. The van der Waals surface area contributed by atoms with Gasteiger partial charge in [-0.3, -0.25) is 4.57 Å². The van der Waals surface area contributed by atoms with E-state index in [9.17, 15) is 4.57 Å². The second-order valence-corrected chi connectivity index (χ2v) is 9.72. The molecule has 0 bridgehead atoms. The van der Waals surface area contributed by atoms with Gasteiger partial charge in [0.15, 0.2) is 0 Å². The topological polar surface area (TPSA) is 32.8 Å². The molecule has 2 saturated heterocycles. The highest BCUT2D eigenvalue weighted by atomic mass is 79.9. The quantitative estimate of drug-likeness (QED) is 0.712. The molecule has 2 aliphatic heterocycles. The van der Waals surface area contributed by atoms with Gasteiger partial charge in [0.05, 0.1) is 12.4 Å². The summed E-state index contributed by atoms with van der Waals surface area (Å²) in [4.78, 5) is 0. The van der Waals surface area contributed by atoms with Crippen LogP contribution in [0.5, 0.6) is 5.75 Å². The number of ether oxygens (including phenoxy) is 1. The minimum atomic E-state index is -2.90. The van der Waals surface area contributed by atoms with Gasteiger partial charge in [0.1, 0.15) is 5.75 Å². The van der Waals surface area contributed by atoms with E-state index in [1.165, 1.54) is 0 Å². The number of nitrogens with zero attached hydrogens (tertiary/aromatic N) is 2. The van der Waals surface area contributed by atoms with Crippen molar-refractivity contribution in [2.75, 3.05) is 24.9 Å². The highest BCUT2D eigenvalue weighted by Gasteiger charge is 2.52. The van der Waals surface area contributed by atoms with Gasteiger partial charge in [0, 0.05) is 29.3 Å². The Balaban J connectivity index is 1.87. The maximum atomic E-state index is 14.4. The fraction of sp³-hybridized carbons (Fsp3) is 0.333. The average Bonchev–Trinajstić information content (AvgIpc) is 3.18. The number of hydrogen-bond donors (Lipinski definition) is 0. The Labute approximate surface area is 151 Å². The summed E-state index contributed by atoms with van der Waals surface area (Å²) in [5.74, 6) is 0.704. The molecule has 2 aromatic rings. The lowest BCUT2D eigenvalue weighted by molar-refractivity contribution is 0.413. The minimum Gasteiger partial charge on any atom is -0.496 e. The Bertz CT molecular complexity index is 796. The minimum absolute atomic E-state index is 0.351. The van der Waals surface area contributed by atoms with Crippen LogP contribution in [-0.4, -0.2) is 30.9 Å².